The molecule has 0 saturated heterocycles. The van der Waals surface area contributed by atoms with E-state index >= 15 is 0 Å². The van der Waals surface area contributed by atoms with E-state index in [2.05, 4.69) is 0 Å². The smallest absolute Gasteiger partial charge is 0.212 e. The molecule has 1 rings (SSSR count). The van der Waals surface area contributed by atoms with Crippen LogP contribution in [0.15, 0.2) is 16.5 Å². The van der Waals surface area contributed by atoms with Crippen molar-refractivity contribution < 1.29 is 9.21 Å². The fraction of sp³-hybridized carbons (Fsp3) is 0.250. The van der Waals surface area contributed by atoms with E-state index in [4.69, 9.17) is 21.3 Å². The Morgan fingerprint density at radius 2 is 2.42 bits per heavy atom. The van der Waals surface area contributed by atoms with Gasteiger partial charge in [0.25, 0.3) is 0 Å². The van der Waals surface area contributed by atoms with Crippen molar-refractivity contribution in [1.29, 1.82) is 5.26 Å². The normalized spacial score (nSPS) is 9.33. The summed E-state index contributed by atoms with van der Waals surface area (Å²) in [6.45, 7) is 0. The van der Waals surface area contributed by atoms with Gasteiger partial charge < -0.3 is 4.42 Å². The van der Waals surface area contributed by atoms with Crippen molar-refractivity contribution in [1.82, 2.24) is 0 Å². The first-order valence-electron chi connectivity index (χ1n) is 3.32. The Morgan fingerprint density at radius 1 is 1.67 bits per heavy atom. The molecule has 0 aromatic carbocycles. The van der Waals surface area contributed by atoms with Crippen LogP contribution in [0.2, 0.25) is 0 Å². The lowest BCUT2D eigenvalue weighted by Crippen LogP contribution is -1.97. The summed E-state index contributed by atoms with van der Waals surface area (Å²) in [5, 5.41) is 8.30. The summed E-state index contributed by atoms with van der Waals surface area (Å²) in [4.78, 5) is 10.9. The van der Waals surface area contributed by atoms with Crippen molar-refractivity contribution >= 4 is 17.4 Å². The zero-order valence-electron chi connectivity index (χ0n) is 6.21. The standard InChI is InChI=1S/C8H6ClNO2/c9-5-7(11)8-2-1-6(12-8)3-4-10/h1-2H,3,5H2. The van der Waals surface area contributed by atoms with Crippen LogP contribution in [0.25, 0.3) is 0 Å². The van der Waals surface area contributed by atoms with Gasteiger partial charge >= 0.3 is 0 Å². The van der Waals surface area contributed by atoms with E-state index in [1.165, 1.54) is 6.07 Å². The second-order valence-corrected chi connectivity index (χ2v) is 2.42. The molecule has 0 saturated carbocycles. The maximum absolute atomic E-state index is 10.9. The first-order valence-corrected chi connectivity index (χ1v) is 3.86. The number of carbonyl (C=O) groups is 1. The van der Waals surface area contributed by atoms with Gasteiger partial charge in [-0.3, -0.25) is 4.79 Å². The van der Waals surface area contributed by atoms with Gasteiger partial charge in [-0.15, -0.1) is 11.6 Å². The van der Waals surface area contributed by atoms with E-state index in [1.54, 1.807) is 6.07 Å². The topological polar surface area (TPSA) is 54.0 Å². The largest absolute Gasteiger partial charge is 0.457 e. The Morgan fingerprint density at radius 3 is 3.00 bits per heavy atom. The molecule has 12 heavy (non-hydrogen) atoms. The summed E-state index contributed by atoms with van der Waals surface area (Å²) in [6.07, 6.45) is 0.176. The average Bonchev–Trinajstić information content (AvgIpc) is 2.52. The highest BCUT2D eigenvalue weighted by molar-refractivity contribution is 6.30. The maximum Gasteiger partial charge on any atom is 0.212 e. The van der Waals surface area contributed by atoms with Crippen LogP contribution >= 0.6 is 11.6 Å². The Labute approximate surface area is 74.5 Å². The van der Waals surface area contributed by atoms with Gasteiger partial charge in [-0.25, -0.2) is 0 Å². The predicted octanol–water partition coefficient (Wildman–Crippen LogP) is 1.77. The summed E-state index contributed by atoms with van der Waals surface area (Å²) in [7, 11) is 0. The number of alkyl halides is 1. The van der Waals surface area contributed by atoms with Gasteiger partial charge in [0.15, 0.2) is 5.76 Å². The van der Waals surface area contributed by atoms with Crippen molar-refractivity contribution in [2.45, 2.75) is 6.42 Å². The van der Waals surface area contributed by atoms with Gasteiger partial charge in [0.1, 0.15) is 5.76 Å². The van der Waals surface area contributed by atoms with Gasteiger partial charge in [0.05, 0.1) is 18.4 Å². The van der Waals surface area contributed by atoms with Gasteiger partial charge in [0.2, 0.25) is 5.78 Å². The van der Waals surface area contributed by atoms with Crippen molar-refractivity contribution in [2.24, 2.45) is 0 Å². The van der Waals surface area contributed by atoms with Crippen LogP contribution in [0.5, 0.6) is 0 Å². The van der Waals surface area contributed by atoms with E-state index in [0.717, 1.165) is 0 Å². The third kappa shape index (κ3) is 1.86. The summed E-state index contributed by atoms with van der Waals surface area (Å²) < 4.78 is 5.02. The minimum Gasteiger partial charge on any atom is -0.457 e. The number of hydrogen-bond donors (Lipinski definition) is 0. The van der Waals surface area contributed by atoms with Crippen LogP contribution in [0, 0.1) is 11.3 Å². The van der Waals surface area contributed by atoms with Crippen molar-refractivity contribution in [2.75, 3.05) is 5.88 Å². The van der Waals surface area contributed by atoms with E-state index < -0.39 is 0 Å². The molecule has 0 aliphatic carbocycles. The van der Waals surface area contributed by atoms with Gasteiger partial charge in [-0.05, 0) is 12.1 Å². The Balaban J connectivity index is 2.78. The third-order valence-corrected chi connectivity index (χ3v) is 1.55. The lowest BCUT2D eigenvalue weighted by Gasteiger charge is -1.88. The van der Waals surface area contributed by atoms with Crippen LogP contribution in [0.3, 0.4) is 0 Å². The van der Waals surface area contributed by atoms with E-state index in [1.807, 2.05) is 6.07 Å². The molecule has 1 aromatic rings. The van der Waals surface area contributed by atoms with E-state index in [0.29, 0.717) is 5.76 Å². The molecule has 4 heteroatoms. The summed E-state index contributed by atoms with van der Waals surface area (Å²) in [5.74, 6) is 0.349. The second kappa shape index (κ2) is 3.93. The predicted molar refractivity (Wildman–Crippen MR) is 43.1 cm³/mol. The molecule has 0 amide bonds. The maximum atomic E-state index is 10.9. The number of Topliss-reactive ketones (excluding diaryl/α,β-unsaturated/α-hetero) is 1. The molecule has 0 N–H and O–H groups in total. The van der Waals surface area contributed by atoms with Gasteiger partial charge in [0, 0.05) is 0 Å². The number of carbonyl (C=O) groups excluding carboxylic acids is 1. The lowest BCUT2D eigenvalue weighted by molar-refractivity contribution is 0.0989. The minimum atomic E-state index is -0.263. The SMILES string of the molecule is N#CCc1ccc(C(=O)CCl)o1. The zero-order chi connectivity index (χ0) is 8.97. The molecule has 0 radical (unpaired) electrons. The van der Waals surface area contributed by atoms with Crippen molar-refractivity contribution in [3.8, 4) is 6.07 Å². The number of nitrogens with zero attached hydrogens (tertiary/aromatic N) is 1. The van der Waals surface area contributed by atoms with Crippen LogP contribution in [-0.4, -0.2) is 11.7 Å². The highest BCUT2D eigenvalue weighted by Gasteiger charge is 2.08. The molecule has 0 fully saturated rings. The Hall–Kier alpha value is -1.27. The molecule has 0 unspecified atom stereocenters. The van der Waals surface area contributed by atoms with Crippen LogP contribution in [0.4, 0.5) is 0 Å². The third-order valence-electron chi connectivity index (χ3n) is 1.31. The highest BCUT2D eigenvalue weighted by atomic mass is 35.5. The zero-order valence-corrected chi connectivity index (χ0v) is 6.97. The molecular weight excluding hydrogens is 178 g/mol. The van der Waals surface area contributed by atoms with Crippen LogP contribution < -0.4 is 0 Å². The monoisotopic (exact) mass is 183 g/mol. The number of furan rings is 1. The van der Waals surface area contributed by atoms with Crippen LogP contribution in [0.1, 0.15) is 16.3 Å². The summed E-state index contributed by atoms with van der Waals surface area (Å²) in [5.41, 5.74) is 0. The molecule has 0 atom stereocenters. The number of halogens is 1. The minimum absolute atomic E-state index is 0.0977. The molecule has 0 aliphatic rings. The molecule has 1 heterocycles. The van der Waals surface area contributed by atoms with Crippen molar-refractivity contribution in [3.05, 3.63) is 23.7 Å². The van der Waals surface area contributed by atoms with E-state index in [9.17, 15) is 4.79 Å². The Bertz CT molecular complexity index is 324. The fourth-order valence-corrected chi connectivity index (χ4v) is 0.898. The number of rotatable bonds is 3. The Kier molecular flexibility index (Phi) is 2.89. The molecule has 1 aromatic heterocycles. The quantitative estimate of drug-likeness (QED) is 0.530. The van der Waals surface area contributed by atoms with Gasteiger partial charge in [-0.1, -0.05) is 0 Å². The molecule has 0 spiro atoms. The van der Waals surface area contributed by atoms with Crippen LogP contribution in [-0.2, 0) is 6.42 Å². The summed E-state index contributed by atoms with van der Waals surface area (Å²) >= 11 is 5.30. The molecule has 0 bridgehead atoms. The van der Waals surface area contributed by atoms with E-state index in [-0.39, 0.29) is 23.8 Å². The first kappa shape index (κ1) is 8.82. The number of nitriles is 1. The number of ketones is 1. The second-order valence-electron chi connectivity index (χ2n) is 2.16. The fourth-order valence-electron chi connectivity index (χ4n) is 0.767. The van der Waals surface area contributed by atoms with Crippen molar-refractivity contribution in [3.63, 3.8) is 0 Å². The average molecular weight is 184 g/mol. The highest BCUT2D eigenvalue weighted by Crippen LogP contribution is 2.09. The lowest BCUT2D eigenvalue weighted by atomic mass is 10.3. The molecular formula is C8H6ClNO2. The first-order chi connectivity index (χ1) is 5.77. The molecule has 0 aliphatic heterocycles. The van der Waals surface area contributed by atoms with Gasteiger partial charge in [-0.2, -0.15) is 5.26 Å². The summed E-state index contributed by atoms with van der Waals surface area (Å²) in [6, 6.07) is 5.04. The molecule has 62 valence electrons. The number of hydrogen-bond acceptors (Lipinski definition) is 3. The molecule has 3 nitrogen and oxygen atoms in total.